The van der Waals surface area contributed by atoms with E-state index in [1.54, 1.807) is 6.33 Å². The van der Waals surface area contributed by atoms with Crippen molar-refractivity contribution in [3.05, 3.63) is 12.4 Å². The molecule has 5 heteroatoms. The molecule has 0 aliphatic carbocycles. The molecule has 0 aromatic carbocycles. The number of anilines is 2. The molecule has 0 atom stereocenters. The molecule has 0 amide bonds. The SMILES string of the molecule is CNc1cc(N2CCN(CC(C)C)CC2)ncn1. The minimum atomic E-state index is 0.742. The van der Waals surface area contributed by atoms with Crippen molar-refractivity contribution in [2.75, 3.05) is 50.0 Å². The van der Waals surface area contributed by atoms with Gasteiger partial charge in [-0.1, -0.05) is 13.8 Å². The highest BCUT2D eigenvalue weighted by Crippen LogP contribution is 2.16. The second-order valence-electron chi connectivity index (χ2n) is 5.19. The Hall–Kier alpha value is -1.36. The number of rotatable bonds is 4. The zero-order chi connectivity index (χ0) is 13.0. The van der Waals surface area contributed by atoms with Crippen molar-refractivity contribution in [1.29, 1.82) is 0 Å². The summed E-state index contributed by atoms with van der Waals surface area (Å²) >= 11 is 0. The second kappa shape index (κ2) is 6.00. The minimum Gasteiger partial charge on any atom is -0.373 e. The summed E-state index contributed by atoms with van der Waals surface area (Å²) in [6.07, 6.45) is 1.63. The third-order valence-corrected chi connectivity index (χ3v) is 3.23. The summed E-state index contributed by atoms with van der Waals surface area (Å²) in [4.78, 5) is 13.4. The van der Waals surface area contributed by atoms with Gasteiger partial charge in [-0.05, 0) is 5.92 Å². The van der Waals surface area contributed by atoms with E-state index in [2.05, 4.69) is 38.9 Å². The quantitative estimate of drug-likeness (QED) is 0.871. The third kappa shape index (κ3) is 3.32. The maximum atomic E-state index is 4.35. The Morgan fingerprint density at radius 2 is 1.94 bits per heavy atom. The van der Waals surface area contributed by atoms with Gasteiger partial charge >= 0.3 is 0 Å². The molecule has 0 radical (unpaired) electrons. The summed E-state index contributed by atoms with van der Waals surface area (Å²) in [5.74, 6) is 2.65. The van der Waals surface area contributed by atoms with Crippen molar-refractivity contribution in [1.82, 2.24) is 14.9 Å². The summed E-state index contributed by atoms with van der Waals surface area (Å²) in [6.45, 7) is 10.1. The number of nitrogens with one attached hydrogen (secondary N) is 1. The first-order chi connectivity index (χ1) is 8.69. The average molecular weight is 249 g/mol. The molecule has 0 saturated carbocycles. The predicted octanol–water partition coefficient (Wildman–Crippen LogP) is 1.30. The monoisotopic (exact) mass is 249 g/mol. The lowest BCUT2D eigenvalue weighted by atomic mass is 10.2. The smallest absolute Gasteiger partial charge is 0.134 e. The van der Waals surface area contributed by atoms with Crippen molar-refractivity contribution in [3.8, 4) is 0 Å². The van der Waals surface area contributed by atoms with Crippen LogP contribution in [0.2, 0.25) is 0 Å². The van der Waals surface area contributed by atoms with Crippen LogP contribution in [0.1, 0.15) is 13.8 Å². The van der Waals surface area contributed by atoms with Crippen LogP contribution < -0.4 is 10.2 Å². The lowest BCUT2D eigenvalue weighted by molar-refractivity contribution is 0.231. The maximum Gasteiger partial charge on any atom is 0.134 e. The zero-order valence-electron chi connectivity index (χ0n) is 11.6. The van der Waals surface area contributed by atoms with E-state index in [1.165, 1.54) is 6.54 Å². The Morgan fingerprint density at radius 1 is 1.22 bits per heavy atom. The topological polar surface area (TPSA) is 44.3 Å². The van der Waals surface area contributed by atoms with Crippen molar-refractivity contribution in [2.45, 2.75) is 13.8 Å². The summed E-state index contributed by atoms with van der Waals surface area (Å²) in [5, 5.41) is 3.05. The molecule has 5 nitrogen and oxygen atoms in total. The Labute approximate surface area is 109 Å². The Bertz CT molecular complexity index is 371. The number of aromatic nitrogens is 2. The number of hydrogen-bond donors (Lipinski definition) is 1. The van der Waals surface area contributed by atoms with Crippen LogP contribution in [0.5, 0.6) is 0 Å². The predicted molar refractivity (Wildman–Crippen MR) is 75.1 cm³/mol. The molecule has 2 rings (SSSR count). The molecule has 0 bridgehead atoms. The first-order valence-corrected chi connectivity index (χ1v) is 6.66. The molecule has 1 aliphatic rings. The molecule has 18 heavy (non-hydrogen) atoms. The van der Waals surface area contributed by atoms with Gasteiger partial charge in [0.15, 0.2) is 0 Å². The number of hydrogen-bond acceptors (Lipinski definition) is 5. The van der Waals surface area contributed by atoms with E-state index >= 15 is 0 Å². The molecule has 2 heterocycles. The van der Waals surface area contributed by atoms with Crippen molar-refractivity contribution < 1.29 is 0 Å². The van der Waals surface area contributed by atoms with Crippen LogP contribution in [0.15, 0.2) is 12.4 Å². The van der Waals surface area contributed by atoms with Crippen molar-refractivity contribution >= 4 is 11.6 Å². The first kappa shape index (κ1) is 13.1. The molecule has 100 valence electrons. The number of nitrogens with zero attached hydrogens (tertiary/aromatic N) is 4. The molecule has 1 saturated heterocycles. The van der Waals surface area contributed by atoms with Crippen LogP contribution in [-0.4, -0.2) is 54.6 Å². The molecule has 1 aliphatic heterocycles. The highest BCUT2D eigenvalue weighted by Gasteiger charge is 2.18. The van der Waals surface area contributed by atoms with E-state index in [4.69, 9.17) is 0 Å². The molecular formula is C13H23N5. The Balaban J connectivity index is 1.92. The molecule has 1 N–H and O–H groups in total. The van der Waals surface area contributed by atoms with Gasteiger partial charge in [0, 0.05) is 45.8 Å². The van der Waals surface area contributed by atoms with Crippen LogP contribution >= 0.6 is 0 Å². The van der Waals surface area contributed by atoms with Crippen LogP contribution in [-0.2, 0) is 0 Å². The largest absolute Gasteiger partial charge is 0.373 e. The summed E-state index contributed by atoms with van der Waals surface area (Å²) in [5.41, 5.74) is 0. The van der Waals surface area contributed by atoms with Crippen molar-refractivity contribution in [2.24, 2.45) is 5.92 Å². The lowest BCUT2D eigenvalue weighted by Gasteiger charge is -2.36. The van der Waals surface area contributed by atoms with Gasteiger partial charge in [0.1, 0.15) is 18.0 Å². The standard InChI is InChI=1S/C13H23N5/c1-11(2)9-17-4-6-18(7-5-17)13-8-12(14-3)15-10-16-13/h8,10-11H,4-7,9H2,1-3H3,(H,14,15,16). The van der Waals surface area contributed by atoms with E-state index < -0.39 is 0 Å². The molecule has 1 aromatic rings. The van der Waals surface area contributed by atoms with E-state index in [1.807, 2.05) is 13.1 Å². The molecule has 1 aromatic heterocycles. The van der Waals surface area contributed by atoms with Gasteiger partial charge in [0.25, 0.3) is 0 Å². The number of piperazine rings is 1. The Kier molecular flexibility index (Phi) is 4.36. The third-order valence-electron chi connectivity index (χ3n) is 3.23. The van der Waals surface area contributed by atoms with Crippen molar-refractivity contribution in [3.63, 3.8) is 0 Å². The first-order valence-electron chi connectivity index (χ1n) is 6.66. The highest BCUT2D eigenvalue weighted by atomic mass is 15.3. The fourth-order valence-electron chi connectivity index (χ4n) is 2.33. The van der Waals surface area contributed by atoms with E-state index in [-0.39, 0.29) is 0 Å². The van der Waals surface area contributed by atoms with Gasteiger partial charge in [-0.25, -0.2) is 9.97 Å². The van der Waals surface area contributed by atoms with Gasteiger partial charge in [0.2, 0.25) is 0 Å². The fourth-order valence-corrected chi connectivity index (χ4v) is 2.33. The van der Waals surface area contributed by atoms with Crippen LogP contribution in [0.4, 0.5) is 11.6 Å². The van der Waals surface area contributed by atoms with Crippen LogP contribution in [0.3, 0.4) is 0 Å². The minimum absolute atomic E-state index is 0.742. The van der Waals surface area contributed by atoms with Gasteiger partial charge in [-0.3, -0.25) is 4.90 Å². The lowest BCUT2D eigenvalue weighted by Crippen LogP contribution is -2.47. The summed E-state index contributed by atoms with van der Waals surface area (Å²) in [7, 11) is 1.88. The molecule has 1 fully saturated rings. The van der Waals surface area contributed by atoms with Gasteiger partial charge < -0.3 is 10.2 Å². The Morgan fingerprint density at radius 3 is 2.56 bits per heavy atom. The highest BCUT2D eigenvalue weighted by molar-refractivity contribution is 5.48. The van der Waals surface area contributed by atoms with Crippen LogP contribution in [0.25, 0.3) is 0 Å². The average Bonchev–Trinajstić information content (AvgIpc) is 2.39. The van der Waals surface area contributed by atoms with E-state index in [0.29, 0.717) is 0 Å². The summed E-state index contributed by atoms with van der Waals surface area (Å²) < 4.78 is 0. The normalized spacial score (nSPS) is 17.2. The summed E-state index contributed by atoms with van der Waals surface area (Å²) in [6, 6.07) is 2.01. The molecular weight excluding hydrogens is 226 g/mol. The molecule has 0 unspecified atom stereocenters. The van der Waals surface area contributed by atoms with Gasteiger partial charge in [-0.2, -0.15) is 0 Å². The zero-order valence-corrected chi connectivity index (χ0v) is 11.6. The second-order valence-corrected chi connectivity index (χ2v) is 5.19. The molecule has 0 spiro atoms. The van der Waals surface area contributed by atoms with Gasteiger partial charge in [0.05, 0.1) is 0 Å². The van der Waals surface area contributed by atoms with E-state index in [0.717, 1.165) is 43.7 Å². The maximum absolute atomic E-state index is 4.35. The van der Waals surface area contributed by atoms with E-state index in [9.17, 15) is 0 Å². The fraction of sp³-hybridized carbons (Fsp3) is 0.692. The van der Waals surface area contributed by atoms with Gasteiger partial charge in [-0.15, -0.1) is 0 Å². The van der Waals surface area contributed by atoms with Crippen LogP contribution in [0, 0.1) is 5.92 Å².